The molecule has 1 N–H and O–H groups in total. The van der Waals surface area contributed by atoms with Crippen LogP contribution in [-0.2, 0) is 14.8 Å². The maximum Gasteiger partial charge on any atom is 0.293 e. The Bertz CT molecular complexity index is 954. The lowest BCUT2D eigenvalue weighted by Crippen LogP contribution is -2.50. The summed E-state index contributed by atoms with van der Waals surface area (Å²) in [7, 11) is 1.85. The molecule has 0 atom stereocenters. The summed E-state index contributed by atoms with van der Waals surface area (Å²) in [5, 5.41) is 11.7. The second-order valence-electron chi connectivity index (χ2n) is 9.00. The number of piperazine rings is 1. The van der Waals surface area contributed by atoms with Gasteiger partial charge in [-0.1, -0.05) is 0 Å². The number of amides is 1. The van der Waals surface area contributed by atoms with Gasteiger partial charge in [0.05, 0.1) is 9.82 Å². The predicted molar refractivity (Wildman–Crippen MR) is 126 cm³/mol. The first-order valence-electron chi connectivity index (χ1n) is 11.2. The fourth-order valence-electron chi connectivity index (χ4n) is 4.22. The highest BCUT2D eigenvalue weighted by Gasteiger charge is 2.32. The molecule has 12 heteroatoms. The van der Waals surface area contributed by atoms with Crippen LogP contribution in [0.4, 0.5) is 11.4 Å². The van der Waals surface area contributed by atoms with Crippen molar-refractivity contribution in [2.24, 2.45) is 5.92 Å². The van der Waals surface area contributed by atoms with Gasteiger partial charge in [-0.25, -0.2) is 13.1 Å². The summed E-state index contributed by atoms with van der Waals surface area (Å²) in [4.78, 5) is 31.8. The standard InChI is InChI=1S/C21H34N6O5S/c1-23(2)11-8-22-33(31,32)18-4-5-19(20(16-18)27(29)30)25-9-6-17(7-10-25)21(28)26-14-12-24(3)13-15-26/h4-5,16-17,22H,6-15H2,1-3H3. The van der Waals surface area contributed by atoms with Crippen LogP contribution in [0.25, 0.3) is 0 Å². The SMILES string of the molecule is CN(C)CCNS(=O)(=O)c1ccc(N2CCC(C(=O)N3CCN(C)CC3)CC2)c([N+](=O)[O-])c1. The quantitative estimate of drug-likeness (QED) is 0.418. The Morgan fingerprint density at radius 3 is 2.36 bits per heavy atom. The van der Waals surface area contributed by atoms with E-state index in [4.69, 9.17) is 0 Å². The molecule has 0 bridgehead atoms. The van der Waals surface area contributed by atoms with Crippen LogP contribution in [0.15, 0.2) is 23.1 Å². The molecule has 3 rings (SSSR count). The molecule has 2 fully saturated rings. The van der Waals surface area contributed by atoms with E-state index >= 15 is 0 Å². The third-order valence-corrected chi connectivity index (χ3v) is 7.76. The number of nitro groups is 1. The van der Waals surface area contributed by atoms with Crippen molar-refractivity contribution >= 4 is 27.3 Å². The van der Waals surface area contributed by atoms with E-state index in [0.29, 0.717) is 38.2 Å². The third kappa shape index (κ3) is 6.40. The number of rotatable bonds is 8. The third-order valence-electron chi connectivity index (χ3n) is 6.30. The predicted octanol–water partition coefficient (Wildman–Crippen LogP) is 0.425. The van der Waals surface area contributed by atoms with Crippen molar-refractivity contribution in [2.45, 2.75) is 17.7 Å². The Hall–Kier alpha value is -2.28. The zero-order valence-electron chi connectivity index (χ0n) is 19.6. The molecule has 11 nitrogen and oxygen atoms in total. The average molecular weight is 483 g/mol. The molecule has 0 saturated carbocycles. The number of benzene rings is 1. The molecule has 1 aromatic rings. The molecule has 2 aliphatic rings. The minimum atomic E-state index is -3.85. The smallest absolute Gasteiger partial charge is 0.293 e. The van der Waals surface area contributed by atoms with Crippen LogP contribution in [-0.4, -0.2) is 107 Å². The number of nitro benzene ring substituents is 1. The first-order chi connectivity index (χ1) is 15.6. The Labute approximate surface area is 195 Å². The van der Waals surface area contributed by atoms with Crippen LogP contribution < -0.4 is 9.62 Å². The lowest BCUT2D eigenvalue weighted by Gasteiger charge is -2.38. The number of hydrogen-bond donors (Lipinski definition) is 1. The minimum Gasteiger partial charge on any atom is -0.366 e. The van der Waals surface area contributed by atoms with Crippen molar-refractivity contribution in [1.29, 1.82) is 0 Å². The second-order valence-corrected chi connectivity index (χ2v) is 10.8. The molecule has 0 aliphatic carbocycles. The molecule has 0 aromatic heterocycles. The lowest BCUT2D eigenvalue weighted by atomic mass is 9.94. The monoisotopic (exact) mass is 482 g/mol. The van der Waals surface area contributed by atoms with E-state index in [1.807, 2.05) is 35.8 Å². The van der Waals surface area contributed by atoms with E-state index in [2.05, 4.69) is 9.62 Å². The summed E-state index contributed by atoms with van der Waals surface area (Å²) < 4.78 is 27.6. The van der Waals surface area contributed by atoms with Gasteiger partial charge in [-0.3, -0.25) is 14.9 Å². The van der Waals surface area contributed by atoms with Crippen LogP contribution >= 0.6 is 0 Å². The lowest BCUT2D eigenvalue weighted by molar-refractivity contribution is -0.384. The maximum atomic E-state index is 12.9. The van der Waals surface area contributed by atoms with E-state index in [1.165, 1.54) is 12.1 Å². The second kappa shape index (κ2) is 10.8. The highest BCUT2D eigenvalue weighted by Crippen LogP contribution is 2.34. The summed E-state index contributed by atoms with van der Waals surface area (Å²) >= 11 is 0. The molecule has 184 valence electrons. The van der Waals surface area contributed by atoms with Gasteiger partial charge in [0.15, 0.2) is 0 Å². The maximum absolute atomic E-state index is 12.9. The molecule has 0 spiro atoms. The van der Waals surface area contributed by atoms with E-state index in [9.17, 15) is 23.3 Å². The topological polar surface area (TPSA) is 119 Å². The van der Waals surface area contributed by atoms with Gasteiger partial charge in [0.2, 0.25) is 15.9 Å². The Morgan fingerprint density at radius 1 is 1.15 bits per heavy atom. The zero-order valence-corrected chi connectivity index (χ0v) is 20.4. The molecule has 2 heterocycles. The van der Waals surface area contributed by atoms with Crippen LogP contribution in [0.1, 0.15) is 12.8 Å². The fourth-order valence-corrected chi connectivity index (χ4v) is 5.26. The fraction of sp³-hybridized carbons (Fsp3) is 0.667. The molecular weight excluding hydrogens is 448 g/mol. The van der Waals surface area contributed by atoms with Crippen molar-refractivity contribution in [3.8, 4) is 0 Å². The van der Waals surface area contributed by atoms with Gasteiger partial charge in [0.25, 0.3) is 5.69 Å². The van der Waals surface area contributed by atoms with Gasteiger partial charge in [-0.15, -0.1) is 0 Å². The van der Waals surface area contributed by atoms with Gasteiger partial charge >= 0.3 is 0 Å². The number of piperidine rings is 1. The van der Waals surface area contributed by atoms with Gasteiger partial charge in [0.1, 0.15) is 5.69 Å². The van der Waals surface area contributed by atoms with Crippen LogP contribution in [0.3, 0.4) is 0 Å². The summed E-state index contributed by atoms with van der Waals surface area (Å²) in [6.45, 7) is 4.96. The Kier molecular flexibility index (Phi) is 8.27. The first kappa shape index (κ1) is 25.3. The molecule has 0 unspecified atom stereocenters. The number of likely N-dealkylation sites (N-methyl/N-ethyl adjacent to an activating group) is 2. The van der Waals surface area contributed by atoms with Crippen molar-refractivity contribution in [1.82, 2.24) is 19.4 Å². The summed E-state index contributed by atoms with van der Waals surface area (Å²) in [6.07, 6.45) is 1.24. The number of sulfonamides is 1. The summed E-state index contributed by atoms with van der Waals surface area (Å²) in [5.74, 6) is 0.0896. The van der Waals surface area contributed by atoms with E-state index in [0.717, 1.165) is 32.2 Å². The van der Waals surface area contributed by atoms with Crippen molar-refractivity contribution < 1.29 is 18.1 Å². The highest BCUT2D eigenvalue weighted by molar-refractivity contribution is 7.89. The number of hydrogen-bond acceptors (Lipinski definition) is 8. The van der Waals surface area contributed by atoms with E-state index in [1.54, 1.807) is 0 Å². The normalized spacial score (nSPS) is 18.7. The molecule has 1 aromatic carbocycles. The van der Waals surface area contributed by atoms with Crippen molar-refractivity contribution in [3.63, 3.8) is 0 Å². The summed E-state index contributed by atoms with van der Waals surface area (Å²) in [5.41, 5.74) is 0.145. The Morgan fingerprint density at radius 2 is 1.79 bits per heavy atom. The first-order valence-corrected chi connectivity index (χ1v) is 12.7. The van der Waals surface area contributed by atoms with E-state index in [-0.39, 0.29) is 29.0 Å². The van der Waals surface area contributed by atoms with Gasteiger partial charge in [0, 0.05) is 64.3 Å². The number of carbonyl (C=O) groups excluding carboxylic acids is 1. The number of carbonyl (C=O) groups is 1. The van der Waals surface area contributed by atoms with Gasteiger partial charge in [-0.05, 0) is 46.1 Å². The largest absolute Gasteiger partial charge is 0.366 e. The van der Waals surface area contributed by atoms with Crippen LogP contribution in [0, 0.1) is 16.0 Å². The number of nitrogens with one attached hydrogen (secondary N) is 1. The molecule has 2 aliphatic heterocycles. The highest BCUT2D eigenvalue weighted by atomic mass is 32.2. The molecule has 33 heavy (non-hydrogen) atoms. The Balaban J connectivity index is 1.67. The molecule has 0 radical (unpaired) electrons. The molecule has 2 saturated heterocycles. The number of anilines is 1. The zero-order chi connectivity index (χ0) is 24.2. The number of nitrogens with zero attached hydrogens (tertiary/aromatic N) is 5. The summed E-state index contributed by atoms with van der Waals surface area (Å²) in [6, 6.07) is 4.03. The van der Waals surface area contributed by atoms with Gasteiger partial charge < -0.3 is 19.6 Å². The van der Waals surface area contributed by atoms with Crippen molar-refractivity contribution in [3.05, 3.63) is 28.3 Å². The van der Waals surface area contributed by atoms with Crippen LogP contribution in [0.5, 0.6) is 0 Å². The molecular formula is C21H34N6O5S. The van der Waals surface area contributed by atoms with Crippen LogP contribution in [0.2, 0.25) is 0 Å². The minimum absolute atomic E-state index is 0.0794. The van der Waals surface area contributed by atoms with E-state index < -0.39 is 14.9 Å². The molecule has 1 amide bonds. The van der Waals surface area contributed by atoms with Gasteiger partial charge in [-0.2, -0.15) is 0 Å². The van der Waals surface area contributed by atoms with Crippen molar-refractivity contribution in [2.75, 3.05) is 78.4 Å². The average Bonchev–Trinajstić information content (AvgIpc) is 2.78.